The Kier molecular flexibility index (Phi) is 5.99. The summed E-state index contributed by atoms with van der Waals surface area (Å²) in [6, 6.07) is 3.69. The molecule has 0 fully saturated rings. The zero-order valence-electron chi connectivity index (χ0n) is 15.9. The molecule has 0 saturated heterocycles. The highest BCUT2D eigenvalue weighted by molar-refractivity contribution is 6.07. The van der Waals surface area contributed by atoms with Gasteiger partial charge in [-0.15, -0.1) is 0 Å². The smallest absolute Gasteiger partial charge is 0.330 e. The van der Waals surface area contributed by atoms with Crippen LogP contribution in [0.4, 0.5) is 0 Å². The van der Waals surface area contributed by atoms with E-state index in [2.05, 4.69) is 46.3 Å². The fourth-order valence-corrected chi connectivity index (χ4v) is 2.41. The molecule has 132 valence electrons. The van der Waals surface area contributed by atoms with Crippen molar-refractivity contribution in [1.82, 2.24) is 0 Å². The average Bonchev–Trinajstić information content (AvgIpc) is 2.48. The lowest BCUT2D eigenvalue weighted by Gasteiger charge is -2.29. The molecule has 0 heterocycles. The van der Waals surface area contributed by atoms with E-state index in [1.807, 2.05) is 12.1 Å². The van der Waals surface area contributed by atoms with Crippen LogP contribution in [0.3, 0.4) is 0 Å². The molecule has 24 heavy (non-hydrogen) atoms. The topological polar surface area (TPSA) is 52.6 Å². The van der Waals surface area contributed by atoms with Crippen LogP contribution in [0, 0.1) is 0 Å². The number of rotatable bonds is 4. The fourth-order valence-electron chi connectivity index (χ4n) is 2.41. The van der Waals surface area contributed by atoms with Gasteiger partial charge in [0.25, 0.3) is 0 Å². The second-order valence-electron chi connectivity index (χ2n) is 7.83. The summed E-state index contributed by atoms with van der Waals surface area (Å²) in [7, 11) is 2.93. The van der Waals surface area contributed by atoms with Gasteiger partial charge in [-0.2, -0.15) is 0 Å². The zero-order valence-corrected chi connectivity index (χ0v) is 15.9. The van der Waals surface area contributed by atoms with E-state index in [1.54, 1.807) is 7.11 Å². The third kappa shape index (κ3) is 4.70. The van der Waals surface area contributed by atoms with Crippen LogP contribution in [0.25, 0.3) is 0 Å². The number of esters is 1. The molecule has 0 aromatic heterocycles. The molecule has 0 aliphatic carbocycles. The van der Waals surface area contributed by atoms with Crippen LogP contribution in [0.2, 0.25) is 0 Å². The van der Waals surface area contributed by atoms with Crippen molar-refractivity contribution in [3.05, 3.63) is 41.0 Å². The van der Waals surface area contributed by atoms with Gasteiger partial charge >= 0.3 is 5.97 Å². The summed E-state index contributed by atoms with van der Waals surface area (Å²) in [6.45, 7) is 12.5. The quantitative estimate of drug-likeness (QED) is 0.471. The number of allylic oxidation sites excluding steroid dienone is 1. The van der Waals surface area contributed by atoms with Gasteiger partial charge in [-0.05, 0) is 29.0 Å². The maximum absolute atomic E-state index is 12.5. The van der Waals surface area contributed by atoms with Crippen molar-refractivity contribution in [3.8, 4) is 5.75 Å². The molecule has 0 atom stereocenters. The van der Waals surface area contributed by atoms with E-state index < -0.39 is 5.97 Å². The summed E-state index contributed by atoms with van der Waals surface area (Å²) in [4.78, 5) is 23.7. The molecule has 0 bridgehead atoms. The lowest BCUT2D eigenvalue weighted by Crippen LogP contribution is -2.20. The fraction of sp³-hybridized carbons (Fsp3) is 0.500. The molecule has 1 aromatic carbocycles. The highest BCUT2D eigenvalue weighted by Gasteiger charge is 2.28. The van der Waals surface area contributed by atoms with Crippen LogP contribution in [-0.2, 0) is 20.4 Å². The predicted octanol–water partition coefficient (Wildman–Crippen LogP) is 4.20. The normalized spacial score (nSPS) is 12.3. The Balaban J connectivity index is 3.56. The predicted molar refractivity (Wildman–Crippen MR) is 95.9 cm³/mol. The standard InChI is InChI=1S/C20H28O4/c1-19(2,3)14-11-13(16(21)9-10-17(22)23-7)12-15(18(14)24-8)20(4,5)6/h9-12H,1-8H3/b10-9+. The van der Waals surface area contributed by atoms with Crippen molar-refractivity contribution in [2.45, 2.75) is 52.4 Å². The van der Waals surface area contributed by atoms with E-state index in [9.17, 15) is 9.59 Å². The summed E-state index contributed by atoms with van der Waals surface area (Å²) in [5, 5.41) is 0. The van der Waals surface area contributed by atoms with Crippen LogP contribution < -0.4 is 4.74 Å². The number of benzene rings is 1. The van der Waals surface area contributed by atoms with Crippen molar-refractivity contribution in [2.75, 3.05) is 14.2 Å². The number of ether oxygens (including phenoxy) is 2. The molecule has 0 N–H and O–H groups in total. The van der Waals surface area contributed by atoms with Crippen molar-refractivity contribution in [1.29, 1.82) is 0 Å². The first-order valence-electron chi connectivity index (χ1n) is 7.95. The molecule has 0 aliphatic heterocycles. The second kappa shape index (κ2) is 7.20. The molecule has 0 spiro atoms. The zero-order chi connectivity index (χ0) is 18.7. The Morgan fingerprint density at radius 1 is 0.875 bits per heavy atom. The molecule has 1 rings (SSSR count). The molecule has 0 radical (unpaired) electrons. The van der Waals surface area contributed by atoms with Gasteiger partial charge in [-0.3, -0.25) is 4.79 Å². The largest absolute Gasteiger partial charge is 0.496 e. The van der Waals surface area contributed by atoms with E-state index in [4.69, 9.17) is 4.74 Å². The molecule has 0 saturated carbocycles. The maximum Gasteiger partial charge on any atom is 0.330 e. The van der Waals surface area contributed by atoms with Crippen LogP contribution >= 0.6 is 0 Å². The Morgan fingerprint density at radius 2 is 1.33 bits per heavy atom. The minimum atomic E-state index is -0.552. The number of ketones is 1. The van der Waals surface area contributed by atoms with E-state index in [0.29, 0.717) is 5.56 Å². The highest BCUT2D eigenvalue weighted by atomic mass is 16.5. The van der Waals surface area contributed by atoms with Gasteiger partial charge in [-0.25, -0.2) is 4.79 Å². The minimum Gasteiger partial charge on any atom is -0.496 e. The van der Waals surface area contributed by atoms with E-state index in [0.717, 1.165) is 23.0 Å². The van der Waals surface area contributed by atoms with E-state index in [1.165, 1.54) is 13.2 Å². The number of hydrogen-bond donors (Lipinski definition) is 0. The molecule has 0 amide bonds. The summed E-state index contributed by atoms with van der Waals surface area (Å²) in [5.74, 6) is 0.0199. The summed E-state index contributed by atoms with van der Waals surface area (Å²) in [5.41, 5.74) is 2.09. The first-order valence-corrected chi connectivity index (χ1v) is 7.95. The monoisotopic (exact) mass is 332 g/mol. The average molecular weight is 332 g/mol. The molecule has 1 aromatic rings. The SMILES string of the molecule is COC(=O)/C=C/C(=O)c1cc(C(C)(C)C)c(OC)c(C(C)(C)C)c1. The van der Waals surface area contributed by atoms with Crippen LogP contribution in [-0.4, -0.2) is 26.0 Å². The molecular weight excluding hydrogens is 304 g/mol. The van der Waals surface area contributed by atoms with E-state index in [-0.39, 0.29) is 16.6 Å². The first kappa shape index (κ1) is 19.9. The minimum absolute atomic E-state index is 0.187. The number of hydrogen-bond acceptors (Lipinski definition) is 4. The van der Waals surface area contributed by atoms with Crippen molar-refractivity contribution in [3.63, 3.8) is 0 Å². The van der Waals surface area contributed by atoms with Crippen LogP contribution in [0.5, 0.6) is 5.75 Å². The van der Waals surface area contributed by atoms with Crippen molar-refractivity contribution >= 4 is 11.8 Å². The van der Waals surface area contributed by atoms with Gasteiger partial charge in [-0.1, -0.05) is 41.5 Å². The summed E-state index contributed by atoms with van der Waals surface area (Å²) < 4.78 is 10.2. The van der Waals surface area contributed by atoms with Gasteiger partial charge in [0, 0.05) is 22.8 Å². The maximum atomic E-state index is 12.5. The third-order valence-electron chi connectivity index (χ3n) is 3.77. The summed E-state index contributed by atoms with van der Waals surface area (Å²) in [6.07, 6.45) is 2.38. The van der Waals surface area contributed by atoms with Crippen LogP contribution in [0.15, 0.2) is 24.3 Å². The molecule has 0 aliphatic rings. The molecule has 0 unspecified atom stereocenters. The lowest BCUT2D eigenvalue weighted by molar-refractivity contribution is -0.134. The molecule has 4 nitrogen and oxygen atoms in total. The Hall–Kier alpha value is -2.10. The lowest BCUT2D eigenvalue weighted by atomic mass is 9.78. The van der Waals surface area contributed by atoms with Gasteiger partial charge in [0.2, 0.25) is 0 Å². The van der Waals surface area contributed by atoms with Crippen molar-refractivity contribution < 1.29 is 19.1 Å². The number of carbonyl (C=O) groups is 2. The highest BCUT2D eigenvalue weighted by Crippen LogP contribution is 2.40. The first-order chi connectivity index (χ1) is 10.9. The Labute approximate surface area is 144 Å². The number of methoxy groups -OCH3 is 2. The van der Waals surface area contributed by atoms with E-state index >= 15 is 0 Å². The Morgan fingerprint density at radius 3 is 1.67 bits per heavy atom. The van der Waals surface area contributed by atoms with Gasteiger partial charge in [0.05, 0.1) is 14.2 Å². The van der Waals surface area contributed by atoms with Crippen molar-refractivity contribution in [2.24, 2.45) is 0 Å². The van der Waals surface area contributed by atoms with Gasteiger partial charge in [0.15, 0.2) is 5.78 Å². The Bertz CT molecular complexity index is 620. The second-order valence-corrected chi connectivity index (χ2v) is 7.83. The number of carbonyl (C=O) groups excluding carboxylic acids is 2. The summed E-state index contributed by atoms with van der Waals surface area (Å²) >= 11 is 0. The van der Waals surface area contributed by atoms with Gasteiger partial charge in [0.1, 0.15) is 5.75 Å². The van der Waals surface area contributed by atoms with Gasteiger partial charge < -0.3 is 9.47 Å². The molecule has 4 heteroatoms. The third-order valence-corrected chi connectivity index (χ3v) is 3.77. The molecular formula is C20H28O4. The van der Waals surface area contributed by atoms with Crippen LogP contribution in [0.1, 0.15) is 63.0 Å².